The summed E-state index contributed by atoms with van der Waals surface area (Å²) >= 11 is 5.91. The standard InChI is InChI=1S/C18H16ClNO2/c1-11-15-9-8-14(20(2)3)10-16(15)22-18(21)17(11)12-4-6-13(19)7-5-12/h4-10H,1-3H3. The number of benzene rings is 2. The SMILES string of the molecule is Cc1c(-c2ccc(Cl)cc2)c(=O)oc2cc(N(C)C)ccc12. The Kier molecular flexibility index (Phi) is 3.67. The fourth-order valence-corrected chi connectivity index (χ4v) is 2.70. The molecule has 22 heavy (non-hydrogen) atoms. The molecule has 0 aliphatic carbocycles. The summed E-state index contributed by atoms with van der Waals surface area (Å²) in [7, 11) is 3.91. The summed E-state index contributed by atoms with van der Waals surface area (Å²) in [5, 5.41) is 1.58. The van der Waals surface area contributed by atoms with Gasteiger partial charge in [-0.1, -0.05) is 23.7 Å². The zero-order valence-electron chi connectivity index (χ0n) is 12.7. The van der Waals surface area contributed by atoms with Crippen LogP contribution in [0.3, 0.4) is 0 Å². The minimum absolute atomic E-state index is 0.330. The number of nitrogens with zero attached hydrogens (tertiary/aromatic N) is 1. The van der Waals surface area contributed by atoms with Crippen LogP contribution in [0.15, 0.2) is 51.7 Å². The predicted molar refractivity (Wildman–Crippen MR) is 92.0 cm³/mol. The Morgan fingerprint density at radius 1 is 1.05 bits per heavy atom. The topological polar surface area (TPSA) is 33.5 Å². The van der Waals surface area contributed by atoms with Gasteiger partial charge in [-0.05, 0) is 42.3 Å². The molecule has 0 saturated heterocycles. The van der Waals surface area contributed by atoms with E-state index < -0.39 is 0 Å². The number of hydrogen-bond donors (Lipinski definition) is 0. The molecule has 3 rings (SSSR count). The molecule has 0 unspecified atom stereocenters. The van der Waals surface area contributed by atoms with Gasteiger partial charge in [0, 0.05) is 36.3 Å². The average Bonchev–Trinajstić information content (AvgIpc) is 2.48. The molecule has 0 N–H and O–H groups in total. The lowest BCUT2D eigenvalue weighted by Gasteiger charge is -2.14. The van der Waals surface area contributed by atoms with Crippen LogP contribution in [-0.4, -0.2) is 14.1 Å². The van der Waals surface area contributed by atoms with E-state index in [1.165, 1.54) is 0 Å². The third kappa shape index (κ3) is 2.48. The molecule has 1 heterocycles. The van der Waals surface area contributed by atoms with Gasteiger partial charge in [0.15, 0.2) is 0 Å². The summed E-state index contributed by atoms with van der Waals surface area (Å²) in [5.74, 6) is 0. The first-order chi connectivity index (χ1) is 10.5. The number of aryl methyl sites for hydroxylation is 1. The van der Waals surface area contributed by atoms with Crippen molar-refractivity contribution in [2.45, 2.75) is 6.92 Å². The van der Waals surface area contributed by atoms with E-state index in [0.29, 0.717) is 16.2 Å². The van der Waals surface area contributed by atoms with Crippen molar-refractivity contribution in [3.05, 3.63) is 63.5 Å². The highest BCUT2D eigenvalue weighted by Crippen LogP contribution is 2.29. The molecule has 3 aromatic rings. The third-order valence-electron chi connectivity index (χ3n) is 3.80. The third-order valence-corrected chi connectivity index (χ3v) is 4.05. The molecular formula is C18H16ClNO2. The largest absolute Gasteiger partial charge is 0.422 e. The van der Waals surface area contributed by atoms with Crippen molar-refractivity contribution in [2.75, 3.05) is 19.0 Å². The van der Waals surface area contributed by atoms with Crippen LogP contribution in [0.25, 0.3) is 22.1 Å². The number of rotatable bonds is 2. The molecule has 2 aromatic carbocycles. The van der Waals surface area contributed by atoms with Crippen LogP contribution in [0, 0.1) is 6.92 Å². The molecule has 1 aromatic heterocycles. The quantitative estimate of drug-likeness (QED) is 0.654. The maximum absolute atomic E-state index is 12.4. The van der Waals surface area contributed by atoms with Gasteiger partial charge in [-0.3, -0.25) is 0 Å². The van der Waals surface area contributed by atoms with Gasteiger partial charge in [0.1, 0.15) is 5.58 Å². The Hall–Kier alpha value is -2.26. The molecule has 0 atom stereocenters. The lowest BCUT2D eigenvalue weighted by Crippen LogP contribution is -2.09. The summed E-state index contributed by atoms with van der Waals surface area (Å²) in [6, 6.07) is 13.1. The van der Waals surface area contributed by atoms with Crippen molar-refractivity contribution in [1.29, 1.82) is 0 Å². The first-order valence-corrected chi connectivity index (χ1v) is 7.36. The Balaban J connectivity index is 2.27. The number of halogens is 1. The van der Waals surface area contributed by atoms with E-state index in [0.717, 1.165) is 22.2 Å². The van der Waals surface area contributed by atoms with Crippen molar-refractivity contribution in [3.63, 3.8) is 0 Å². The minimum atomic E-state index is -0.330. The number of fused-ring (bicyclic) bond motifs is 1. The molecule has 0 aliphatic heterocycles. The van der Waals surface area contributed by atoms with Crippen LogP contribution in [0.2, 0.25) is 5.02 Å². The first-order valence-electron chi connectivity index (χ1n) is 6.98. The van der Waals surface area contributed by atoms with Crippen LogP contribution in [-0.2, 0) is 0 Å². The van der Waals surface area contributed by atoms with Gasteiger partial charge in [0.25, 0.3) is 0 Å². The van der Waals surface area contributed by atoms with Crippen molar-refractivity contribution >= 4 is 28.3 Å². The zero-order valence-corrected chi connectivity index (χ0v) is 13.4. The highest BCUT2D eigenvalue weighted by Gasteiger charge is 2.14. The lowest BCUT2D eigenvalue weighted by atomic mass is 9.99. The lowest BCUT2D eigenvalue weighted by molar-refractivity contribution is 0.562. The van der Waals surface area contributed by atoms with E-state index in [1.807, 2.05) is 56.3 Å². The smallest absolute Gasteiger partial charge is 0.344 e. The maximum Gasteiger partial charge on any atom is 0.344 e. The Morgan fingerprint density at radius 3 is 2.36 bits per heavy atom. The molecule has 112 valence electrons. The minimum Gasteiger partial charge on any atom is -0.422 e. The first kappa shape index (κ1) is 14.7. The fourth-order valence-electron chi connectivity index (χ4n) is 2.57. The van der Waals surface area contributed by atoms with Gasteiger partial charge >= 0.3 is 5.63 Å². The molecule has 0 radical (unpaired) electrons. The van der Waals surface area contributed by atoms with Gasteiger partial charge in [-0.15, -0.1) is 0 Å². The summed E-state index contributed by atoms with van der Waals surface area (Å²) < 4.78 is 5.53. The van der Waals surface area contributed by atoms with Crippen LogP contribution in [0.1, 0.15) is 5.56 Å². The molecule has 0 aliphatic rings. The van der Waals surface area contributed by atoms with Gasteiger partial charge < -0.3 is 9.32 Å². The van der Waals surface area contributed by atoms with Gasteiger partial charge in [0.05, 0.1) is 5.56 Å². The Morgan fingerprint density at radius 2 is 1.73 bits per heavy atom. The van der Waals surface area contributed by atoms with Gasteiger partial charge in [-0.25, -0.2) is 4.79 Å². The zero-order chi connectivity index (χ0) is 15.9. The number of hydrogen-bond acceptors (Lipinski definition) is 3. The Labute approximate surface area is 133 Å². The summed E-state index contributed by atoms with van der Waals surface area (Å²) in [6.45, 7) is 1.94. The van der Waals surface area contributed by atoms with Crippen LogP contribution in [0.5, 0.6) is 0 Å². The van der Waals surface area contributed by atoms with Crippen LogP contribution in [0.4, 0.5) is 5.69 Å². The number of anilines is 1. The summed E-state index contributed by atoms with van der Waals surface area (Å²) in [4.78, 5) is 14.4. The van der Waals surface area contributed by atoms with Crippen molar-refractivity contribution in [2.24, 2.45) is 0 Å². The molecule has 4 heteroatoms. The Bertz CT molecular complexity index is 895. The fraction of sp³-hybridized carbons (Fsp3) is 0.167. The van der Waals surface area contributed by atoms with Gasteiger partial charge in [-0.2, -0.15) is 0 Å². The second-order valence-corrected chi connectivity index (χ2v) is 5.91. The normalized spacial score (nSPS) is 10.9. The molecule has 3 nitrogen and oxygen atoms in total. The van der Waals surface area contributed by atoms with E-state index in [4.69, 9.17) is 16.0 Å². The van der Waals surface area contributed by atoms with E-state index in [1.54, 1.807) is 12.1 Å². The van der Waals surface area contributed by atoms with Crippen LogP contribution < -0.4 is 10.5 Å². The van der Waals surface area contributed by atoms with Gasteiger partial charge in [0.2, 0.25) is 0 Å². The highest BCUT2D eigenvalue weighted by atomic mass is 35.5. The van der Waals surface area contributed by atoms with E-state index in [-0.39, 0.29) is 5.63 Å². The predicted octanol–water partition coefficient (Wildman–Crippen LogP) is 4.49. The van der Waals surface area contributed by atoms with E-state index in [9.17, 15) is 4.79 Å². The average molecular weight is 314 g/mol. The maximum atomic E-state index is 12.4. The second kappa shape index (κ2) is 5.50. The van der Waals surface area contributed by atoms with Crippen molar-refractivity contribution in [3.8, 4) is 11.1 Å². The monoisotopic (exact) mass is 313 g/mol. The van der Waals surface area contributed by atoms with E-state index in [2.05, 4.69) is 0 Å². The molecule has 0 fully saturated rings. The van der Waals surface area contributed by atoms with Crippen LogP contribution >= 0.6 is 11.6 Å². The van der Waals surface area contributed by atoms with Crippen molar-refractivity contribution < 1.29 is 4.42 Å². The van der Waals surface area contributed by atoms with Crippen molar-refractivity contribution in [1.82, 2.24) is 0 Å². The highest BCUT2D eigenvalue weighted by molar-refractivity contribution is 6.30. The summed E-state index contributed by atoms with van der Waals surface area (Å²) in [6.07, 6.45) is 0. The molecule has 0 amide bonds. The molecule has 0 spiro atoms. The van der Waals surface area contributed by atoms with E-state index >= 15 is 0 Å². The molecule has 0 saturated carbocycles. The molecule has 0 bridgehead atoms. The summed E-state index contributed by atoms with van der Waals surface area (Å²) in [5.41, 5.74) is 3.58. The second-order valence-electron chi connectivity index (χ2n) is 5.47. The molecular weight excluding hydrogens is 298 g/mol.